The average Bonchev–Trinajstić information content (AvgIpc) is 3.03. The van der Waals surface area contributed by atoms with Crippen molar-refractivity contribution >= 4 is 11.9 Å². The molecule has 3 N–H and O–H groups in total. The van der Waals surface area contributed by atoms with Crippen molar-refractivity contribution in [2.45, 2.75) is 19.8 Å². The van der Waals surface area contributed by atoms with Gasteiger partial charge >= 0.3 is 5.97 Å². The van der Waals surface area contributed by atoms with Crippen LogP contribution in [0.2, 0.25) is 0 Å². The SMILES string of the molecule is CCCCOc1cccc(-c2cc(C(=O)NCC(=O)O)n[nH]2)c1. The zero-order valence-corrected chi connectivity index (χ0v) is 12.8. The molecule has 23 heavy (non-hydrogen) atoms. The van der Waals surface area contributed by atoms with Crippen LogP contribution in [0, 0.1) is 0 Å². The van der Waals surface area contributed by atoms with Crippen LogP contribution in [0.25, 0.3) is 11.3 Å². The highest BCUT2D eigenvalue weighted by atomic mass is 16.5. The fraction of sp³-hybridized carbons (Fsp3) is 0.312. The van der Waals surface area contributed by atoms with E-state index in [2.05, 4.69) is 22.4 Å². The fourth-order valence-electron chi connectivity index (χ4n) is 1.92. The number of carbonyl (C=O) groups excluding carboxylic acids is 1. The fourth-order valence-corrected chi connectivity index (χ4v) is 1.92. The highest BCUT2D eigenvalue weighted by molar-refractivity contribution is 5.95. The number of hydrogen-bond acceptors (Lipinski definition) is 4. The molecule has 0 aliphatic heterocycles. The second kappa shape index (κ2) is 7.98. The number of hydrogen-bond donors (Lipinski definition) is 3. The normalized spacial score (nSPS) is 10.3. The van der Waals surface area contributed by atoms with Crippen LogP contribution in [0.4, 0.5) is 0 Å². The Morgan fingerprint density at radius 3 is 2.91 bits per heavy atom. The Morgan fingerprint density at radius 1 is 1.35 bits per heavy atom. The van der Waals surface area contributed by atoms with Crippen LogP contribution in [0.1, 0.15) is 30.3 Å². The number of benzene rings is 1. The molecule has 1 amide bonds. The summed E-state index contributed by atoms with van der Waals surface area (Å²) in [5.41, 5.74) is 1.63. The molecule has 0 bridgehead atoms. The van der Waals surface area contributed by atoms with Crippen molar-refractivity contribution in [1.82, 2.24) is 15.5 Å². The first-order valence-corrected chi connectivity index (χ1v) is 7.38. The summed E-state index contributed by atoms with van der Waals surface area (Å²) in [6, 6.07) is 9.04. The Morgan fingerprint density at radius 2 is 2.17 bits per heavy atom. The number of H-pyrrole nitrogens is 1. The van der Waals surface area contributed by atoms with E-state index in [0.29, 0.717) is 12.3 Å². The first-order chi connectivity index (χ1) is 11.1. The lowest BCUT2D eigenvalue weighted by atomic mass is 10.1. The van der Waals surface area contributed by atoms with Crippen LogP contribution in [0.3, 0.4) is 0 Å². The van der Waals surface area contributed by atoms with E-state index in [1.807, 2.05) is 24.3 Å². The van der Waals surface area contributed by atoms with Gasteiger partial charge in [0.15, 0.2) is 5.69 Å². The van der Waals surface area contributed by atoms with Crippen LogP contribution in [-0.2, 0) is 4.79 Å². The largest absolute Gasteiger partial charge is 0.494 e. The van der Waals surface area contributed by atoms with Gasteiger partial charge in [0.25, 0.3) is 5.91 Å². The monoisotopic (exact) mass is 317 g/mol. The smallest absolute Gasteiger partial charge is 0.322 e. The molecule has 1 heterocycles. The van der Waals surface area contributed by atoms with E-state index in [4.69, 9.17) is 9.84 Å². The lowest BCUT2D eigenvalue weighted by Gasteiger charge is -2.06. The number of ether oxygens (including phenoxy) is 1. The van der Waals surface area contributed by atoms with Crippen molar-refractivity contribution in [2.75, 3.05) is 13.2 Å². The molecule has 0 atom stereocenters. The van der Waals surface area contributed by atoms with Gasteiger partial charge in [-0.3, -0.25) is 14.7 Å². The number of nitrogens with one attached hydrogen (secondary N) is 2. The molecule has 1 aromatic carbocycles. The molecular weight excluding hydrogens is 298 g/mol. The van der Waals surface area contributed by atoms with E-state index in [1.54, 1.807) is 6.07 Å². The van der Waals surface area contributed by atoms with Crippen LogP contribution in [0.5, 0.6) is 5.75 Å². The van der Waals surface area contributed by atoms with E-state index in [-0.39, 0.29) is 5.69 Å². The quantitative estimate of drug-likeness (QED) is 0.647. The van der Waals surface area contributed by atoms with Gasteiger partial charge in [-0.25, -0.2) is 0 Å². The number of rotatable bonds is 8. The second-order valence-electron chi connectivity index (χ2n) is 4.97. The lowest BCUT2D eigenvalue weighted by Crippen LogP contribution is -2.29. The van der Waals surface area contributed by atoms with Crippen molar-refractivity contribution in [2.24, 2.45) is 0 Å². The predicted octanol–water partition coefficient (Wildman–Crippen LogP) is 2.07. The van der Waals surface area contributed by atoms with Crippen LogP contribution >= 0.6 is 0 Å². The van der Waals surface area contributed by atoms with Crippen molar-refractivity contribution in [3.8, 4) is 17.0 Å². The Bertz CT molecular complexity index is 681. The molecular formula is C16H19N3O4. The first-order valence-electron chi connectivity index (χ1n) is 7.38. The summed E-state index contributed by atoms with van der Waals surface area (Å²) < 4.78 is 5.65. The second-order valence-corrected chi connectivity index (χ2v) is 4.97. The molecule has 0 saturated carbocycles. The molecule has 0 aliphatic rings. The number of nitrogens with zero attached hydrogens (tertiary/aromatic N) is 1. The van der Waals surface area contributed by atoms with Gasteiger partial charge in [-0.1, -0.05) is 25.5 Å². The minimum atomic E-state index is -1.11. The number of carboxylic acid groups (broad SMARTS) is 1. The molecule has 7 heteroatoms. The maximum absolute atomic E-state index is 11.8. The van der Waals surface area contributed by atoms with Gasteiger partial charge < -0.3 is 15.2 Å². The van der Waals surface area contributed by atoms with Gasteiger partial charge in [-0.2, -0.15) is 5.10 Å². The first kappa shape index (κ1) is 16.5. The number of unbranched alkanes of at least 4 members (excludes halogenated alkanes) is 1. The molecule has 0 radical (unpaired) electrons. The summed E-state index contributed by atoms with van der Waals surface area (Å²) in [6.07, 6.45) is 2.05. The number of aromatic nitrogens is 2. The summed E-state index contributed by atoms with van der Waals surface area (Å²) in [5.74, 6) is -0.890. The van der Waals surface area contributed by atoms with E-state index in [1.165, 1.54) is 0 Å². The molecule has 122 valence electrons. The molecule has 0 saturated heterocycles. The zero-order chi connectivity index (χ0) is 16.7. The zero-order valence-electron chi connectivity index (χ0n) is 12.8. The summed E-state index contributed by atoms with van der Waals surface area (Å²) >= 11 is 0. The minimum Gasteiger partial charge on any atom is -0.494 e. The van der Waals surface area contributed by atoms with Crippen LogP contribution in [0.15, 0.2) is 30.3 Å². The summed E-state index contributed by atoms with van der Waals surface area (Å²) in [5, 5.41) is 17.5. The van der Waals surface area contributed by atoms with Gasteiger partial charge in [0.2, 0.25) is 0 Å². The molecule has 2 aromatic rings. The summed E-state index contributed by atoms with van der Waals surface area (Å²) in [7, 11) is 0. The summed E-state index contributed by atoms with van der Waals surface area (Å²) in [4.78, 5) is 22.2. The molecule has 1 aromatic heterocycles. The highest BCUT2D eigenvalue weighted by Gasteiger charge is 2.12. The Labute approximate surface area is 133 Å². The molecule has 0 unspecified atom stereocenters. The summed E-state index contributed by atoms with van der Waals surface area (Å²) in [6.45, 7) is 2.31. The topological polar surface area (TPSA) is 104 Å². The minimum absolute atomic E-state index is 0.138. The standard InChI is InChI=1S/C16H19N3O4/c1-2-3-7-23-12-6-4-5-11(8-12)13-9-14(19-18-13)16(22)17-10-15(20)21/h4-6,8-9H,2-3,7,10H2,1H3,(H,17,22)(H,18,19)(H,20,21). The van der Waals surface area contributed by atoms with Crippen molar-refractivity contribution < 1.29 is 19.4 Å². The predicted molar refractivity (Wildman–Crippen MR) is 84.4 cm³/mol. The van der Waals surface area contributed by atoms with Crippen molar-refractivity contribution in [1.29, 1.82) is 0 Å². The van der Waals surface area contributed by atoms with E-state index >= 15 is 0 Å². The number of carboxylic acids is 1. The number of carbonyl (C=O) groups is 2. The van der Waals surface area contributed by atoms with Crippen LogP contribution < -0.4 is 10.1 Å². The number of amides is 1. The van der Waals surface area contributed by atoms with Gasteiger partial charge in [-0.15, -0.1) is 0 Å². The molecule has 0 fully saturated rings. The third kappa shape index (κ3) is 4.84. The van der Waals surface area contributed by atoms with Gasteiger partial charge in [0.1, 0.15) is 12.3 Å². The third-order valence-electron chi connectivity index (χ3n) is 3.12. The van der Waals surface area contributed by atoms with E-state index in [0.717, 1.165) is 24.2 Å². The van der Waals surface area contributed by atoms with Gasteiger partial charge in [-0.05, 0) is 24.6 Å². The number of aliphatic carboxylic acids is 1. The Balaban J connectivity index is 2.06. The van der Waals surface area contributed by atoms with Crippen molar-refractivity contribution in [3.05, 3.63) is 36.0 Å². The Kier molecular flexibility index (Phi) is 5.74. The van der Waals surface area contributed by atoms with E-state index in [9.17, 15) is 9.59 Å². The van der Waals surface area contributed by atoms with Gasteiger partial charge in [0.05, 0.1) is 12.3 Å². The third-order valence-corrected chi connectivity index (χ3v) is 3.12. The number of aromatic amines is 1. The molecule has 0 spiro atoms. The van der Waals surface area contributed by atoms with Crippen molar-refractivity contribution in [3.63, 3.8) is 0 Å². The maximum atomic E-state index is 11.8. The molecule has 2 rings (SSSR count). The Hall–Kier alpha value is -2.83. The lowest BCUT2D eigenvalue weighted by molar-refractivity contribution is -0.135. The maximum Gasteiger partial charge on any atom is 0.322 e. The molecule has 7 nitrogen and oxygen atoms in total. The van der Waals surface area contributed by atoms with Gasteiger partial charge in [0, 0.05) is 5.56 Å². The molecule has 0 aliphatic carbocycles. The van der Waals surface area contributed by atoms with Crippen LogP contribution in [-0.4, -0.2) is 40.3 Å². The average molecular weight is 317 g/mol. The van der Waals surface area contributed by atoms with E-state index < -0.39 is 18.4 Å². The highest BCUT2D eigenvalue weighted by Crippen LogP contribution is 2.23.